The Kier molecular flexibility index (Phi) is 7.74. The molecule has 1 N–H and O–H groups in total. The molecule has 2 aromatic carbocycles. The zero-order valence-corrected chi connectivity index (χ0v) is 18.5. The second-order valence-corrected chi connectivity index (χ2v) is 8.02. The maximum atomic E-state index is 13.7. The highest BCUT2D eigenvalue weighted by Crippen LogP contribution is 2.23. The quantitative estimate of drug-likeness (QED) is 0.626. The molecule has 0 radical (unpaired) electrons. The van der Waals surface area contributed by atoms with Crippen molar-refractivity contribution < 1.29 is 23.5 Å². The van der Waals surface area contributed by atoms with Crippen LogP contribution < -0.4 is 15.0 Å². The van der Waals surface area contributed by atoms with Gasteiger partial charge in [0.25, 0.3) is 0 Å². The zero-order valence-electron chi connectivity index (χ0n) is 18.5. The lowest BCUT2D eigenvalue weighted by molar-refractivity contribution is -0.121. The van der Waals surface area contributed by atoms with E-state index >= 15 is 0 Å². The van der Waals surface area contributed by atoms with Crippen LogP contribution in [0.1, 0.15) is 5.56 Å². The van der Waals surface area contributed by atoms with Crippen molar-refractivity contribution in [3.8, 4) is 5.75 Å². The Morgan fingerprint density at radius 3 is 2.55 bits per heavy atom. The lowest BCUT2D eigenvalue weighted by Gasteiger charge is -2.26. The van der Waals surface area contributed by atoms with Crippen LogP contribution in [-0.2, 0) is 16.1 Å². The molecule has 0 spiro atoms. The first kappa shape index (κ1) is 23.0. The molecular formula is C24H29FN4O4. The van der Waals surface area contributed by atoms with Crippen LogP contribution >= 0.6 is 0 Å². The molecule has 2 aliphatic rings. The fraction of sp³-hybridized carbons (Fsp3) is 0.417. The van der Waals surface area contributed by atoms with Gasteiger partial charge in [-0.05, 0) is 30.3 Å². The Morgan fingerprint density at radius 1 is 1.03 bits per heavy atom. The summed E-state index contributed by atoms with van der Waals surface area (Å²) in [4.78, 5) is 30.5. The summed E-state index contributed by atoms with van der Waals surface area (Å²) in [5.74, 6) is 0.0650. The highest BCUT2D eigenvalue weighted by Gasteiger charge is 2.30. The van der Waals surface area contributed by atoms with E-state index in [1.807, 2.05) is 24.3 Å². The lowest BCUT2D eigenvalue weighted by atomic mass is 10.2. The largest absolute Gasteiger partial charge is 0.492 e. The number of anilines is 1. The van der Waals surface area contributed by atoms with Crippen molar-refractivity contribution in [1.82, 2.24) is 15.1 Å². The van der Waals surface area contributed by atoms with Gasteiger partial charge < -0.3 is 19.7 Å². The number of rotatable bonds is 9. The summed E-state index contributed by atoms with van der Waals surface area (Å²) in [5.41, 5.74) is 1.17. The van der Waals surface area contributed by atoms with Crippen LogP contribution in [0.3, 0.4) is 0 Å². The van der Waals surface area contributed by atoms with E-state index in [9.17, 15) is 14.0 Å². The van der Waals surface area contributed by atoms with E-state index in [1.165, 1.54) is 11.0 Å². The molecule has 0 aromatic heterocycles. The van der Waals surface area contributed by atoms with Crippen molar-refractivity contribution in [2.75, 3.05) is 64.0 Å². The second-order valence-electron chi connectivity index (χ2n) is 8.02. The van der Waals surface area contributed by atoms with E-state index in [0.29, 0.717) is 25.3 Å². The van der Waals surface area contributed by atoms with Crippen molar-refractivity contribution >= 4 is 17.6 Å². The number of carbonyl (C=O) groups is 2. The number of morpholine rings is 1. The molecule has 0 unspecified atom stereocenters. The van der Waals surface area contributed by atoms with Gasteiger partial charge in [-0.25, -0.2) is 9.18 Å². The van der Waals surface area contributed by atoms with E-state index in [0.717, 1.165) is 44.3 Å². The highest BCUT2D eigenvalue weighted by atomic mass is 19.1. The fourth-order valence-corrected chi connectivity index (χ4v) is 3.87. The number of amides is 3. The molecule has 2 aliphatic heterocycles. The SMILES string of the molecule is O=C(CN1CCN(c2ccc(OCCN3CCOCC3)cc2)C1=O)NCc1ccccc1F. The summed E-state index contributed by atoms with van der Waals surface area (Å²) in [6.45, 7) is 5.80. The van der Waals surface area contributed by atoms with E-state index in [1.54, 1.807) is 23.1 Å². The highest BCUT2D eigenvalue weighted by molar-refractivity contribution is 5.96. The molecule has 176 valence electrons. The minimum Gasteiger partial charge on any atom is -0.492 e. The number of nitrogens with one attached hydrogen (secondary N) is 1. The van der Waals surface area contributed by atoms with Gasteiger partial charge in [-0.15, -0.1) is 0 Å². The first-order valence-electron chi connectivity index (χ1n) is 11.2. The number of urea groups is 1. The first-order chi connectivity index (χ1) is 16.1. The maximum absolute atomic E-state index is 13.7. The van der Waals surface area contributed by atoms with Crippen LogP contribution in [0.4, 0.5) is 14.9 Å². The number of nitrogens with zero attached hydrogens (tertiary/aromatic N) is 3. The summed E-state index contributed by atoms with van der Waals surface area (Å²) in [5, 5.41) is 2.67. The molecule has 33 heavy (non-hydrogen) atoms. The summed E-state index contributed by atoms with van der Waals surface area (Å²) >= 11 is 0. The van der Waals surface area contributed by atoms with Crippen molar-refractivity contribution in [2.45, 2.75) is 6.54 Å². The van der Waals surface area contributed by atoms with Crippen molar-refractivity contribution in [3.63, 3.8) is 0 Å². The number of carbonyl (C=O) groups excluding carboxylic acids is 2. The minimum absolute atomic E-state index is 0.0630. The Hall–Kier alpha value is -3.17. The topological polar surface area (TPSA) is 74.3 Å². The summed E-state index contributed by atoms with van der Waals surface area (Å²) in [6.07, 6.45) is 0. The normalized spacial score (nSPS) is 16.8. The number of hydrogen-bond donors (Lipinski definition) is 1. The lowest BCUT2D eigenvalue weighted by Crippen LogP contribution is -2.39. The number of benzene rings is 2. The second kappa shape index (κ2) is 11.1. The Bertz CT molecular complexity index is 950. The average Bonchev–Trinajstić information content (AvgIpc) is 3.19. The molecule has 2 aromatic rings. The molecule has 2 fully saturated rings. The molecule has 0 atom stereocenters. The summed E-state index contributed by atoms with van der Waals surface area (Å²) in [6, 6.07) is 13.5. The third-order valence-electron chi connectivity index (χ3n) is 5.79. The van der Waals surface area contributed by atoms with Crippen LogP contribution in [0.15, 0.2) is 48.5 Å². The molecule has 0 bridgehead atoms. The Balaban J connectivity index is 1.22. The van der Waals surface area contributed by atoms with Crippen LogP contribution in [0.2, 0.25) is 0 Å². The minimum atomic E-state index is -0.366. The van der Waals surface area contributed by atoms with Crippen LogP contribution in [0, 0.1) is 5.82 Å². The van der Waals surface area contributed by atoms with Crippen LogP contribution in [-0.4, -0.2) is 80.8 Å². The molecular weight excluding hydrogens is 427 g/mol. The number of ether oxygens (including phenoxy) is 2. The maximum Gasteiger partial charge on any atom is 0.325 e. The molecule has 9 heteroatoms. The zero-order chi connectivity index (χ0) is 23.0. The first-order valence-corrected chi connectivity index (χ1v) is 11.2. The van der Waals surface area contributed by atoms with Crippen molar-refractivity contribution in [2.24, 2.45) is 0 Å². The molecule has 4 rings (SSSR count). The third kappa shape index (κ3) is 6.21. The van der Waals surface area contributed by atoms with Gasteiger partial charge in [-0.2, -0.15) is 0 Å². The molecule has 0 saturated carbocycles. The Morgan fingerprint density at radius 2 is 1.79 bits per heavy atom. The van der Waals surface area contributed by atoms with E-state index in [2.05, 4.69) is 10.2 Å². The van der Waals surface area contributed by atoms with Gasteiger partial charge >= 0.3 is 6.03 Å². The van der Waals surface area contributed by atoms with Crippen molar-refractivity contribution in [1.29, 1.82) is 0 Å². The van der Waals surface area contributed by atoms with Gasteiger partial charge in [0.15, 0.2) is 0 Å². The van der Waals surface area contributed by atoms with Gasteiger partial charge in [0.05, 0.1) is 13.2 Å². The van der Waals surface area contributed by atoms with Crippen LogP contribution in [0.5, 0.6) is 5.75 Å². The standard InChI is InChI=1S/C24H29FN4O4/c25-22-4-2-1-3-19(22)17-26-23(30)18-28-9-10-29(24(28)31)20-5-7-21(8-6-20)33-16-13-27-11-14-32-15-12-27/h1-8H,9-18H2,(H,26,30). The van der Waals surface area contributed by atoms with E-state index < -0.39 is 0 Å². The van der Waals surface area contributed by atoms with E-state index in [-0.39, 0.29) is 30.8 Å². The third-order valence-corrected chi connectivity index (χ3v) is 5.79. The summed E-state index contributed by atoms with van der Waals surface area (Å²) < 4.78 is 24.9. The van der Waals surface area contributed by atoms with E-state index in [4.69, 9.17) is 9.47 Å². The number of halogens is 1. The van der Waals surface area contributed by atoms with Gasteiger partial charge in [0.1, 0.15) is 24.7 Å². The van der Waals surface area contributed by atoms with Gasteiger partial charge in [0.2, 0.25) is 5.91 Å². The Labute approximate surface area is 192 Å². The molecule has 8 nitrogen and oxygen atoms in total. The molecule has 2 heterocycles. The average molecular weight is 457 g/mol. The van der Waals surface area contributed by atoms with Gasteiger partial charge in [-0.1, -0.05) is 18.2 Å². The molecule has 3 amide bonds. The van der Waals surface area contributed by atoms with Gasteiger partial charge in [-0.3, -0.25) is 14.6 Å². The molecule has 2 saturated heterocycles. The number of hydrogen-bond acceptors (Lipinski definition) is 5. The monoisotopic (exact) mass is 456 g/mol. The fourth-order valence-electron chi connectivity index (χ4n) is 3.87. The predicted octanol–water partition coefficient (Wildman–Crippen LogP) is 2.10. The molecule has 0 aliphatic carbocycles. The van der Waals surface area contributed by atoms with Crippen molar-refractivity contribution in [3.05, 3.63) is 59.9 Å². The van der Waals surface area contributed by atoms with Crippen LogP contribution in [0.25, 0.3) is 0 Å². The smallest absolute Gasteiger partial charge is 0.325 e. The summed E-state index contributed by atoms with van der Waals surface area (Å²) in [7, 11) is 0. The van der Waals surface area contributed by atoms with Gasteiger partial charge in [0, 0.05) is 50.5 Å². The predicted molar refractivity (Wildman–Crippen MR) is 122 cm³/mol.